The Morgan fingerprint density at radius 1 is 1.50 bits per heavy atom. The van der Waals surface area contributed by atoms with Gasteiger partial charge in [-0.2, -0.15) is 5.10 Å². The van der Waals surface area contributed by atoms with E-state index in [-0.39, 0.29) is 5.75 Å². The van der Waals surface area contributed by atoms with Crippen LogP contribution in [0.25, 0.3) is 0 Å². The quantitative estimate of drug-likeness (QED) is 0.542. The Morgan fingerprint density at radius 3 is 2.67 bits per heavy atom. The zero-order valence-corrected chi connectivity index (χ0v) is 10.6. The van der Waals surface area contributed by atoms with Gasteiger partial charge in [0.15, 0.2) is 0 Å². The minimum absolute atomic E-state index is 0.106. The number of benzene rings is 1. The number of nitrogens with zero attached hydrogens (tertiary/aromatic N) is 2. The Hall–Kier alpha value is -2.24. The summed E-state index contributed by atoms with van der Waals surface area (Å²) in [5.74, 6) is 0.106. The van der Waals surface area contributed by atoms with E-state index in [1.807, 2.05) is 19.9 Å². The van der Waals surface area contributed by atoms with Crippen molar-refractivity contribution >= 4 is 17.9 Å². The van der Waals surface area contributed by atoms with Crippen LogP contribution in [0.4, 0.5) is 10.5 Å². The summed E-state index contributed by atoms with van der Waals surface area (Å²) in [6.45, 7) is 5.83. The van der Waals surface area contributed by atoms with Crippen molar-refractivity contribution in [1.82, 2.24) is 5.43 Å². The molecule has 6 heteroatoms. The van der Waals surface area contributed by atoms with Crippen LogP contribution in [0.5, 0.6) is 5.75 Å². The first-order valence-corrected chi connectivity index (χ1v) is 5.75. The van der Waals surface area contributed by atoms with Gasteiger partial charge in [-0.15, -0.1) is 0 Å². The Bertz CT molecular complexity index is 442. The molecule has 0 spiro atoms. The first-order valence-electron chi connectivity index (χ1n) is 5.75. The molecule has 1 aromatic rings. The normalized spacial score (nSPS) is 10.6. The lowest BCUT2D eigenvalue weighted by Crippen LogP contribution is -2.24. The van der Waals surface area contributed by atoms with Crippen LogP contribution in [0, 0.1) is 0 Å². The minimum Gasteiger partial charge on any atom is -0.507 e. The number of hydrazone groups is 1. The zero-order valence-electron chi connectivity index (χ0n) is 10.6. The summed E-state index contributed by atoms with van der Waals surface area (Å²) in [4.78, 5) is 12.5. The number of carbonyl (C=O) groups is 1. The van der Waals surface area contributed by atoms with Crippen molar-refractivity contribution in [3.63, 3.8) is 0 Å². The molecule has 0 aliphatic rings. The van der Waals surface area contributed by atoms with Crippen LogP contribution in [0.3, 0.4) is 0 Å². The number of rotatable bonds is 5. The summed E-state index contributed by atoms with van der Waals surface area (Å²) in [5.41, 5.74) is 8.38. The number of amides is 2. The molecule has 0 unspecified atom stereocenters. The number of carbonyl (C=O) groups excluding carboxylic acids is 1. The number of phenols is 1. The molecule has 0 fully saturated rings. The highest BCUT2D eigenvalue weighted by Gasteiger charge is 2.05. The Balaban J connectivity index is 2.85. The van der Waals surface area contributed by atoms with Gasteiger partial charge in [0.1, 0.15) is 5.75 Å². The van der Waals surface area contributed by atoms with Gasteiger partial charge in [0.05, 0.1) is 6.21 Å². The number of phenolic OH excluding ortho intramolecular Hbond substituents is 1. The molecule has 0 saturated carbocycles. The van der Waals surface area contributed by atoms with Crippen molar-refractivity contribution in [1.29, 1.82) is 0 Å². The fraction of sp³-hybridized carbons (Fsp3) is 0.333. The van der Waals surface area contributed by atoms with Gasteiger partial charge < -0.3 is 15.7 Å². The van der Waals surface area contributed by atoms with Crippen LogP contribution in [0.1, 0.15) is 19.4 Å². The van der Waals surface area contributed by atoms with Crippen molar-refractivity contribution < 1.29 is 9.90 Å². The number of urea groups is 1. The molecule has 0 radical (unpaired) electrons. The van der Waals surface area contributed by atoms with Crippen LogP contribution in [-0.2, 0) is 0 Å². The first kappa shape index (κ1) is 13.8. The van der Waals surface area contributed by atoms with Gasteiger partial charge >= 0.3 is 6.03 Å². The van der Waals surface area contributed by atoms with Crippen LogP contribution in [-0.4, -0.2) is 30.4 Å². The number of nitrogens with two attached hydrogens (primary N) is 1. The molecular formula is C12H18N4O2. The number of nitrogens with one attached hydrogen (secondary N) is 1. The number of anilines is 1. The lowest BCUT2D eigenvalue weighted by Gasteiger charge is -2.21. The van der Waals surface area contributed by atoms with Gasteiger partial charge in [0.25, 0.3) is 0 Å². The van der Waals surface area contributed by atoms with Crippen LogP contribution < -0.4 is 16.1 Å². The standard InChI is InChI=1S/C12H18N4O2/c1-3-16(4-2)10-6-5-9(11(17)7-10)8-14-15-12(13)18/h5-8,17H,3-4H2,1-2H3,(H3,13,15,18). The number of primary amides is 1. The van der Waals surface area contributed by atoms with E-state index < -0.39 is 6.03 Å². The summed E-state index contributed by atoms with van der Waals surface area (Å²) in [7, 11) is 0. The second-order valence-corrected chi connectivity index (χ2v) is 3.65. The van der Waals surface area contributed by atoms with Crippen molar-refractivity contribution in [2.24, 2.45) is 10.8 Å². The highest BCUT2D eigenvalue weighted by molar-refractivity contribution is 5.85. The lowest BCUT2D eigenvalue weighted by molar-refractivity contribution is 0.249. The molecule has 4 N–H and O–H groups in total. The number of hydrogen-bond acceptors (Lipinski definition) is 4. The van der Waals surface area contributed by atoms with E-state index in [9.17, 15) is 9.90 Å². The second kappa shape index (κ2) is 6.48. The molecule has 0 bridgehead atoms. The topological polar surface area (TPSA) is 91.0 Å². The van der Waals surface area contributed by atoms with E-state index in [0.717, 1.165) is 18.8 Å². The molecule has 6 nitrogen and oxygen atoms in total. The molecule has 1 aromatic carbocycles. The van der Waals surface area contributed by atoms with E-state index in [1.54, 1.807) is 12.1 Å². The highest BCUT2D eigenvalue weighted by atomic mass is 16.3. The number of aromatic hydroxyl groups is 1. The molecular weight excluding hydrogens is 232 g/mol. The number of hydrogen-bond donors (Lipinski definition) is 3. The average Bonchev–Trinajstić information content (AvgIpc) is 2.33. The van der Waals surface area contributed by atoms with Crippen LogP contribution >= 0.6 is 0 Å². The van der Waals surface area contributed by atoms with E-state index in [0.29, 0.717) is 5.56 Å². The van der Waals surface area contributed by atoms with Crippen LogP contribution in [0.15, 0.2) is 23.3 Å². The van der Waals surface area contributed by atoms with Gasteiger partial charge in [-0.1, -0.05) is 0 Å². The van der Waals surface area contributed by atoms with Crippen molar-refractivity contribution in [2.45, 2.75) is 13.8 Å². The Kier molecular flexibility index (Phi) is 4.98. The molecule has 0 aliphatic heterocycles. The highest BCUT2D eigenvalue weighted by Crippen LogP contribution is 2.23. The minimum atomic E-state index is -0.745. The largest absolute Gasteiger partial charge is 0.507 e. The van der Waals surface area contributed by atoms with Crippen molar-refractivity contribution in [3.05, 3.63) is 23.8 Å². The summed E-state index contributed by atoms with van der Waals surface area (Å²) in [6, 6.07) is 4.54. The molecule has 98 valence electrons. The van der Waals surface area contributed by atoms with Gasteiger partial charge in [0.2, 0.25) is 0 Å². The fourth-order valence-electron chi connectivity index (χ4n) is 1.59. The predicted octanol–water partition coefficient (Wildman–Crippen LogP) is 1.24. The fourth-order valence-corrected chi connectivity index (χ4v) is 1.59. The second-order valence-electron chi connectivity index (χ2n) is 3.65. The Morgan fingerprint density at radius 2 is 2.17 bits per heavy atom. The first-order chi connectivity index (χ1) is 8.58. The summed E-state index contributed by atoms with van der Waals surface area (Å²) >= 11 is 0. The third-order valence-corrected chi connectivity index (χ3v) is 2.52. The maximum atomic E-state index is 10.4. The molecule has 0 aliphatic carbocycles. The zero-order chi connectivity index (χ0) is 13.5. The molecule has 2 amide bonds. The van der Waals surface area contributed by atoms with Crippen LogP contribution in [0.2, 0.25) is 0 Å². The van der Waals surface area contributed by atoms with E-state index >= 15 is 0 Å². The summed E-state index contributed by atoms with van der Waals surface area (Å²) in [6.07, 6.45) is 1.34. The predicted molar refractivity (Wildman–Crippen MR) is 72.0 cm³/mol. The molecule has 0 heterocycles. The molecule has 0 aromatic heterocycles. The maximum absolute atomic E-state index is 10.4. The third kappa shape index (κ3) is 3.65. The van der Waals surface area contributed by atoms with E-state index in [2.05, 4.69) is 15.4 Å². The van der Waals surface area contributed by atoms with Crippen molar-refractivity contribution in [3.8, 4) is 5.75 Å². The molecule has 0 saturated heterocycles. The summed E-state index contributed by atoms with van der Waals surface area (Å²) in [5, 5.41) is 13.4. The van der Waals surface area contributed by atoms with E-state index in [1.165, 1.54) is 6.21 Å². The van der Waals surface area contributed by atoms with E-state index in [4.69, 9.17) is 5.73 Å². The van der Waals surface area contributed by atoms with Gasteiger partial charge in [0, 0.05) is 30.4 Å². The smallest absolute Gasteiger partial charge is 0.332 e. The maximum Gasteiger partial charge on any atom is 0.332 e. The molecule has 1 rings (SSSR count). The SMILES string of the molecule is CCN(CC)c1ccc(C=NNC(N)=O)c(O)c1. The molecule has 0 atom stereocenters. The lowest BCUT2D eigenvalue weighted by atomic mass is 10.2. The van der Waals surface area contributed by atoms with Gasteiger partial charge in [-0.25, -0.2) is 10.2 Å². The third-order valence-electron chi connectivity index (χ3n) is 2.52. The van der Waals surface area contributed by atoms with Crippen molar-refractivity contribution in [2.75, 3.05) is 18.0 Å². The van der Waals surface area contributed by atoms with Gasteiger partial charge in [-0.3, -0.25) is 0 Å². The van der Waals surface area contributed by atoms with Gasteiger partial charge in [-0.05, 0) is 26.0 Å². The average molecular weight is 250 g/mol. The molecule has 18 heavy (non-hydrogen) atoms. The summed E-state index contributed by atoms with van der Waals surface area (Å²) < 4.78 is 0. The Labute approximate surface area is 106 Å². The monoisotopic (exact) mass is 250 g/mol.